The zero-order valence-corrected chi connectivity index (χ0v) is 16.1. The van der Waals surface area contributed by atoms with E-state index in [9.17, 15) is 4.79 Å². The number of carbonyl (C=O) groups excluding carboxylic acids is 1. The Hall–Kier alpha value is -2.60. The predicted octanol–water partition coefficient (Wildman–Crippen LogP) is 4.26. The van der Waals surface area contributed by atoms with Crippen LogP contribution < -0.4 is 4.74 Å². The first-order valence-corrected chi connectivity index (χ1v) is 9.20. The number of Topliss-reactive ketones (excluding diaryl/α,β-unsaturated/α-hetero) is 1. The molecule has 0 saturated carbocycles. The average Bonchev–Trinajstić information content (AvgIpc) is 3.11. The van der Waals surface area contributed by atoms with Crippen LogP contribution in [0.4, 0.5) is 0 Å². The van der Waals surface area contributed by atoms with Gasteiger partial charge in [0.1, 0.15) is 12.1 Å². The highest BCUT2D eigenvalue weighted by Gasteiger charge is 2.21. The van der Waals surface area contributed by atoms with Crippen LogP contribution in [0, 0.1) is 13.8 Å². The van der Waals surface area contributed by atoms with Crippen molar-refractivity contribution < 1.29 is 9.53 Å². The maximum absolute atomic E-state index is 12.8. The van der Waals surface area contributed by atoms with Gasteiger partial charge in [-0.2, -0.15) is 0 Å². The van der Waals surface area contributed by atoms with E-state index in [1.54, 1.807) is 13.4 Å². The van der Waals surface area contributed by atoms with E-state index in [2.05, 4.69) is 10.2 Å². The van der Waals surface area contributed by atoms with Crippen molar-refractivity contribution in [3.8, 4) is 11.4 Å². The average molecular weight is 367 g/mol. The quantitative estimate of drug-likeness (QED) is 0.481. The van der Waals surface area contributed by atoms with Crippen molar-refractivity contribution in [3.05, 3.63) is 65.5 Å². The maximum atomic E-state index is 12.8. The molecule has 0 radical (unpaired) electrons. The van der Waals surface area contributed by atoms with Gasteiger partial charge in [0.25, 0.3) is 0 Å². The van der Waals surface area contributed by atoms with Crippen LogP contribution in [-0.2, 0) is 0 Å². The van der Waals surface area contributed by atoms with Crippen LogP contribution in [0.5, 0.6) is 5.75 Å². The lowest BCUT2D eigenvalue weighted by Gasteiger charge is -2.13. The smallest absolute Gasteiger partial charge is 0.196 e. The number of para-hydroxylation sites is 2. The Kier molecular flexibility index (Phi) is 5.42. The van der Waals surface area contributed by atoms with Gasteiger partial charge in [-0.3, -0.25) is 9.36 Å². The number of carbonyl (C=O) groups is 1. The molecule has 0 aliphatic heterocycles. The Morgan fingerprint density at radius 3 is 2.65 bits per heavy atom. The van der Waals surface area contributed by atoms with Crippen molar-refractivity contribution >= 4 is 17.5 Å². The van der Waals surface area contributed by atoms with E-state index in [0.717, 1.165) is 22.6 Å². The molecule has 1 heterocycles. The van der Waals surface area contributed by atoms with E-state index in [4.69, 9.17) is 4.74 Å². The van der Waals surface area contributed by atoms with Gasteiger partial charge in [0.2, 0.25) is 0 Å². The van der Waals surface area contributed by atoms with E-state index in [1.165, 1.54) is 17.3 Å². The first-order valence-electron chi connectivity index (χ1n) is 8.32. The molecule has 0 aliphatic rings. The van der Waals surface area contributed by atoms with E-state index < -0.39 is 0 Å². The Bertz CT molecular complexity index is 936. The third kappa shape index (κ3) is 3.65. The molecular weight excluding hydrogens is 346 g/mol. The molecule has 0 aliphatic carbocycles. The molecule has 3 rings (SSSR count). The third-order valence-corrected chi connectivity index (χ3v) is 5.36. The summed E-state index contributed by atoms with van der Waals surface area (Å²) in [6.07, 6.45) is 1.63. The number of hydrogen-bond acceptors (Lipinski definition) is 5. The molecule has 0 saturated heterocycles. The fourth-order valence-electron chi connectivity index (χ4n) is 2.64. The van der Waals surface area contributed by atoms with Crippen molar-refractivity contribution in [1.82, 2.24) is 14.8 Å². The van der Waals surface area contributed by atoms with Crippen LogP contribution in [0.25, 0.3) is 5.69 Å². The van der Waals surface area contributed by atoms with Crippen LogP contribution in [0.15, 0.2) is 53.9 Å². The molecule has 134 valence electrons. The number of methoxy groups -OCH3 is 1. The first kappa shape index (κ1) is 18.2. The Morgan fingerprint density at radius 2 is 1.92 bits per heavy atom. The lowest BCUT2D eigenvalue weighted by Crippen LogP contribution is -2.15. The first-order chi connectivity index (χ1) is 12.5. The lowest BCUT2D eigenvalue weighted by atomic mass is 10.0. The molecular formula is C20H21N3O2S. The van der Waals surface area contributed by atoms with Crippen LogP contribution in [0.1, 0.15) is 28.4 Å². The second kappa shape index (κ2) is 7.74. The molecule has 5 nitrogen and oxygen atoms in total. The van der Waals surface area contributed by atoms with Gasteiger partial charge in [-0.1, -0.05) is 36.0 Å². The molecule has 0 amide bonds. The molecule has 0 bridgehead atoms. The number of thioether (sulfide) groups is 1. The maximum Gasteiger partial charge on any atom is 0.196 e. The summed E-state index contributed by atoms with van der Waals surface area (Å²) in [6, 6.07) is 13.5. The SMILES string of the molecule is COc1ccccc1-n1cnnc1S[C@@H](C)C(=O)c1ccc(C)c(C)c1. The summed E-state index contributed by atoms with van der Waals surface area (Å²) in [4.78, 5) is 12.8. The van der Waals surface area contributed by atoms with Gasteiger partial charge in [0, 0.05) is 5.56 Å². The fraction of sp³-hybridized carbons (Fsp3) is 0.250. The van der Waals surface area contributed by atoms with Crippen LogP contribution in [0.2, 0.25) is 0 Å². The van der Waals surface area contributed by atoms with Crippen molar-refractivity contribution in [1.29, 1.82) is 0 Å². The van der Waals surface area contributed by atoms with Crippen molar-refractivity contribution in [3.63, 3.8) is 0 Å². The molecule has 3 aromatic rings. The molecule has 0 unspecified atom stereocenters. The summed E-state index contributed by atoms with van der Waals surface area (Å²) in [7, 11) is 1.63. The van der Waals surface area contributed by atoms with Crippen LogP contribution in [-0.4, -0.2) is 32.9 Å². The van der Waals surface area contributed by atoms with E-state index >= 15 is 0 Å². The number of ether oxygens (including phenoxy) is 1. The molecule has 1 aromatic heterocycles. The van der Waals surface area contributed by atoms with E-state index in [-0.39, 0.29) is 11.0 Å². The third-order valence-electron chi connectivity index (χ3n) is 4.30. The standard InChI is InChI=1S/C20H21N3O2S/c1-13-9-10-16(11-14(13)2)19(24)15(3)26-20-22-21-12-23(20)17-7-5-6-8-18(17)25-4/h5-12,15H,1-4H3/t15-/m0/s1. The predicted molar refractivity (Wildman–Crippen MR) is 103 cm³/mol. The highest BCUT2D eigenvalue weighted by Crippen LogP contribution is 2.30. The largest absolute Gasteiger partial charge is 0.495 e. The number of ketones is 1. The van der Waals surface area contributed by atoms with Crippen LogP contribution in [0.3, 0.4) is 0 Å². The number of aromatic nitrogens is 3. The zero-order chi connectivity index (χ0) is 18.7. The minimum Gasteiger partial charge on any atom is -0.495 e. The van der Waals surface area contributed by atoms with Gasteiger partial charge in [-0.15, -0.1) is 10.2 Å². The topological polar surface area (TPSA) is 57.0 Å². The molecule has 2 aromatic carbocycles. The zero-order valence-electron chi connectivity index (χ0n) is 15.3. The highest BCUT2D eigenvalue weighted by molar-refractivity contribution is 8.00. The number of rotatable bonds is 6. The van der Waals surface area contributed by atoms with Gasteiger partial charge < -0.3 is 4.74 Å². The summed E-state index contributed by atoms with van der Waals surface area (Å²) in [5, 5.41) is 8.56. The molecule has 0 fully saturated rings. The van der Waals surface area contributed by atoms with Gasteiger partial charge >= 0.3 is 0 Å². The second-order valence-electron chi connectivity index (χ2n) is 6.08. The summed E-state index contributed by atoms with van der Waals surface area (Å²) < 4.78 is 7.26. The highest BCUT2D eigenvalue weighted by atomic mass is 32.2. The number of hydrogen-bond donors (Lipinski definition) is 0. The molecule has 0 spiro atoms. The van der Waals surface area contributed by atoms with Gasteiger partial charge in [0.05, 0.1) is 18.0 Å². The van der Waals surface area contributed by atoms with Crippen molar-refractivity contribution in [2.45, 2.75) is 31.2 Å². The molecule has 6 heteroatoms. The summed E-state index contributed by atoms with van der Waals surface area (Å²) >= 11 is 1.39. The number of benzene rings is 2. The van der Waals surface area contributed by atoms with Crippen LogP contribution >= 0.6 is 11.8 Å². The summed E-state index contributed by atoms with van der Waals surface area (Å²) in [5.74, 6) is 0.801. The normalized spacial score (nSPS) is 12.0. The summed E-state index contributed by atoms with van der Waals surface area (Å²) in [6.45, 7) is 5.95. The fourth-order valence-corrected chi connectivity index (χ4v) is 3.55. The Morgan fingerprint density at radius 1 is 1.15 bits per heavy atom. The minimum absolute atomic E-state index is 0.0766. The van der Waals surface area contributed by atoms with E-state index in [1.807, 2.05) is 67.8 Å². The Labute approximate surface area is 157 Å². The monoisotopic (exact) mass is 367 g/mol. The number of aryl methyl sites for hydroxylation is 2. The van der Waals surface area contributed by atoms with Gasteiger partial charge in [-0.05, 0) is 50.1 Å². The minimum atomic E-state index is -0.283. The lowest BCUT2D eigenvalue weighted by molar-refractivity contribution is 0.0993. The molecule has 26 heavy (non-hydrogen) atoms. The second-order valence-corrected chi connectivity index (χ2v) is 7.39. The summed E-state index contributed by atoms with van der Waals surface area (Å²) in [5.41, 5.74) is 3.85. The van der Waals surface area contributed by atoms with Gasteiger partial charge in [-0.25, -0.2) is 0 Å². The Balaban J connectivity index is 1.84. The van der Waals surface area contributed by atoms with E-state index in [0.29, 0.717) is 5.16 Å². The molecule has 1 atom stereocenters. The van der Waals surface area contributed by atoms with Crippen molar-refractivity contribution in [2.24, 2.45) is 0 Å². The van der Waals surface area contributed by atoms with Gasteiger partial charge in [0.15, 0.2) is 10.9 Å². The molecule has 0 N–H and O–H groups in total. The van der Waals surface area contributed by atoms with Crippen molar-refractivity contribution in [2.75, 3.05) is 7.11 Å². The number of nitrogens with zero attached hydrogens (tertiary/aromatic N) is 3.